The summed E-state index contributed by atoms with van der Waals surface area (Å²) >= 11 is 0. The first-order valence-electron chi connectivity index (χ1n) is 4.55. The summed E-state index contributed by atoms with van der Waals surface area (Å²) in [7, 11) is 0. The fraction of sp³-hybridized carbons (Fsp3) is 0.556. The third kappa shape index (κ3) is 1.95. The summed E-state index contributed by atoms with van der Waals surface area (Å²) < 4.78 is 0. The molecule has 1 rings (SSSR count). The van der Waals surface area contributed by atoms with Gasteiger partial charge in [0.1, 0.15) is 11.6 Å². The average Bonchev–Trinajstić information content (AvgIpc) is 2.16. The Balaban J connectivity index is 3.20. The van der Waals surface area contributed by atoms with Crippen molar-refractivity contribution in [3.63, 3.8) is 0 Å². The molecule has 0 aliphatic rings. The molecule has 0 aliphatic carbocycles. The Kier molecular flexibility index (Phi) is 3.19. The molecule has 0 unspecified atom stereocenters. The molecule has 0 radical (unpaired) electrons. The fourth-order valence-electron chi connectivity index (χ4n) is 1.35. The first-order valence-corrected chi connectivity index (χ1v) is 4.55. The number of nitrogens with two attached hydrogens (primary N) is 1. The number of aryl methyl sites for hydroxylation is 2. The molecule has 1 aromatic heterocycles. The SMILES string of the molecule is CCc1nc(C)c(CC)c(NN)n1. The predicted octanol–water partition coefficient (Wildman–Crippen LogP) is 1.20. The van der Waals surface area contributed by atoms with Crippen molar-refractivity contribution in [3.8, 4) is 0 Å². The van der Waals surface area contributed by atoms with Crippen LogP contribution < -0.4 is 11.3 Å². The van der Waals surface area contributed by atoms with E-state index in [4.69, 9.17) is 5.84 Å². The lowest BCUT2D eigenvalue weighted by molar-refractivity contribution is 0.886. The fourth-order valence-corrected chi connectivity index (χ4v) is 1.35. The van der Waals surface area contributed by atoms with Crippen LogP contribution in [0, 0.1) is 6.92 Å². The number of nitrogen functional groups attached to an aromatic ring is 1. The highest BCUT2D eigenvalue weighted by atomic mass is 15.3. The van der Waals surface area contributed by atoms with Gasteiger partial charge in [-0.15, -0.1) is 0 Å². The molecule has 1 aromatic rings. The Hall–Kier alpha value is -1.16. The second-order valence-electron chi connectivity index (χ2n) is 2.90. The van der Waals surface area contributed by atoms with Crippen molar-refractivity contribution in [1.82, 2.24) is 9.97 Å². The lowest BCUT2D eigenvalue weighted by atomic mass is 10.1. The van der Waals surface area contributed by atoms with Gasteiger partial charge in [0, 0.05) is 17.7 Å². The van der Waals surface area contributed by atoms with E-state index in [0.29, 0.717) is 0 Å². The summed E-state index contributed by atoms with van der Waals surface area (Å²) in [6, 6.07) is 0. The monoisotopic (exact) mass is 180 g/mol. The highest BCUT2D eigenvalue weighted by Crippen LogP contribution is 2.15. The first-order chi connectivity index (χ1) is 6.22. The number of nitrogens with zero attached hydrogens (tertiary/aromatic N) is 2. The summed E-state index contributed by atoms with van der Waals surface area (Å²) in [6.07, 6.45) is 1.73. The zero-order valence-electron chi connectivity index (χ0n) is 8.39. The lowest BCUT2D eigenvalue weighted by Gasteiger charge is -2.10. The highest BCUT2D eigenvalue weighted by molar-refractivity contribution is 5.45. The minimum Gasteiger partial charge on any atom is -0.308 e. The van der Waals surface area contributed by atoms with Crippen LogP contribution in [-0.2, 0) is 12.8 Å². The van der Waals surface area contributed by atoms with Gasteiger partial charge in [-0.1, -0.05) is 13.8 Å². The first kappa shape index (κ1) is 9.92. The molecule has 0 bridgehead atoms. The minimum atomic E-state index is 0.756. The maximum absolute atomic E-state index is 5.38. The van der Waals surface area contributed by atoms with Gasteiger partial charge in [-0.2, -0.15) is 0 Å². The Bertz CT molecular complexity index is 296. The van der Waals surface area contributed by atoms with E-state index in [1.165, 1.54) is 0 Å². The molecule has 1 heterocycles. The van der Waals surface area contributed by atoms with Crippen molar-refractivity contribution in [3.05, 3.63) is 17.1 Å². The van der Waals surface area contributed by atoms with E-state index in [1.54, 1.807) is 0 Å². The standard InChI is InChI=1S/C9H16N4/c1-4-7-6(3)11-8(5-2)12-9(7)13-10/h4-5,10H2,1-3H3,(H,11,12,13). The molecule has 3 N–H and O–H groups in total. The van der Waals surface area contributed by atoms with Gasteiger partial charge in [-0.3, -0.25) is 0 Å². The summed E-state index contributed by atoms with van der Waals surface area (Å²) in [6.45, 7) is 6.08. The molecule has 0 amide bonds. The Morgan fingerprint density at radius 2 is 1.92 bits per heavy atom. The van der Waals surface area contributed by atoms with Crippen LogP contribution in [0.5, 0.6) is 0 Å². The van der Waals surface area contributed by atoms with Gasteiger partial charge in [0.05, 0.1) is 0 Å². The third-order valence-corrected chi connectivity index (χ3v) is 2.07. The van der Waals surface area contributed by atoms with Gasteiger partial charge in [-0.05, 0) is 13.3 Å². The van der Waals surface area contributed by atoms with Gasteiger partial charge in [0.25, 0.3) is 0 Å². The van der Waals surface area contributed by atoms with E-state index < -0.39 is 0 Å². The van der Waals surface area contributed by atoms with E-state index >= 15 is 0 Å². The number of hydrazine groups is 1. The topological polar surface area (TPSA) is 63.8 Å². The zero-order chi connectivity index (χ0) is 9.84. The number of aromatic nitrogens is 2. The van der Waals surface area contributed by atoms with Crippen LogP contribution in [0.2, 0.25) is 0 Å². The summed E-state index contributed by atoms with van der Waals surface area (Å²) in [5.41, 5.74) is 4.72. The van der Waals surface area contributed by atoms with Crippen LogP contribution in [0.3, 0.4) is 0 Å². The second kappa shape index (κ2) is 4.18. The average molecular weight is 180 g/mol. The molecular formula is C9H16N4. The lowest BCUT2D eigenvalue weighted by Crippen LogP contribution is -2.14. The smallest absolute Gasteiger partial charge is 0.147 e. The Morgan fingerprint density at radius 1 is 1.23 bits per heavy atom. The molecule has 0 fully saturated rings. The van der Waals surface area contributed by atoms with Crippen LogP contribution in [-0.4, -0.2) is 9.97 Å². The van der Waals surface area contributed by atoms with Gasteiger partial charge >= 0.3 is 0 Å². The normalized spacial score (nSPS) is 10.2. The molecule has 4 heteroatoms. The van der Waals surface area contributed by atoms with Gasteiger partial charge in [0.15, 0.2) is 0 Å². The van der Waals surface area contributed by atoms with Crippen molar-refractivity contribution >= 4 is 5.82 Å². The van der Waals surface area contributed by atoms with Gasteiger partial charge in [0.2, 0.25) is 0 Å². The molecular weight excluding hydrogens is 164 g/mol. The molecule has 0 aliphatic heterocycles. The number of rotatable bonds is 3. The molecule has 0 atom stereocenters. The largest absolute Gasteiger partial charge is 0.308 e. The molecule has 0 aromatic carbocycles. The Labute approximate surface area is 78.6 Å². The van der Waals surface area contributed by atoms with Crippen LogP contribution in [0.15, 0.2) is 0 Å². The number of hydrogen-bond donors (Lipinski definition) is 2. The van der Waals surface area contributed by atoms with Crippen molar-refractivity contribution in [2.75, 3.05) is 5.43 Å². The molecule has 13 heavy (non-hydrogen) atoms. The van der Waals surface area contributed by atoms with Crippen molar-refractivity contribution in [2.24, 2.45) is 5.84 Å². The van der Waals surface area contributed by atoms with Crippen LogP contribution >= 0.6 is 0 Å². The Morgan fingerprint density at radius 3 is 2.38 bits per heavy atom. The number of anilines is 1. The van der Waals surface area contributed by atoms with Gasteiger partial charge in [-0.25, -0.2) is 15.8 Å². The summed E-state index contributed by atoms with van der Waals surface area (Å²) in [5, 5.41) is 0. The van der Waals surface area contributed by atoms with Crippen molar-refractivity contribution < 1.29 is 0 Å². The quantitative estimate of drug-likeness (QED) is 0.542. The van der Waals surface area contributed by atoms with E-state index in [-0.39, 0.29) is 0 Å². The predicted molar refractivity (Wildman–Crippen MR) is 53.3 cm³/mol. The van der Waals surface area contributed by atoms with Crippen LogP contribution in [0.1, 0.15) is 30.9 Å². The van der Waals surface area contributed by atoms with Crippen molar-refractivity contribution in [1.29, 1.82) is 0 Å². The van der Waals surface area contributed by atoms with Crippen molar-refractivity contribution in [2.45, 2.75) is 33.6 Å². The molecule has 0 saturated heterocycles. The number of hydrogen-bond acceptors (Lipinski definition) is 4. The van der Waals surface area contributed by atoms with Crippen LogP contribution in [0.25, 0.3) is 0 Å². The number of nitrogens with one attached hydrogen (secondary N) is 1. The van der Waals surface area contributed by atoms with E-state index in [1.807, 2.05) is 13.8 Å². The minimum absolute atomic E-state index is 0.756. The van der Waals surface area contributed by atoms with Crippen LogP contribution in [0.4, 0.5) is 5.82 Å². The molecule has 0 saturated carbocycles. The van der Waals surface area contributed by atoms with E-state index in [0.717, 1.165) is 35.7 Å². The summed E-state index contributed by atoms with van der Waals surface area (Å²) in [5.74, 6) is 6.97. The maximum Gasteiger partial charge on any atom is 0.147 e. The second-order valence-corrected chi connectivity index (χ2v) is 2.90. The third-order valence-electron chi connectivity index (χ3n) is 2.07. The van der Waals surface area contributed by atoms with E-state index in [9.17, 15) is 0 Å². The highest BCUT2D eigenvalue weighted by Gasteiger charge is 2.07. The van der Waals surface area contributed by atoms with E-state index in [2.05, 4.69) is 22.3 Å². The zero-order valence-corrected chi connectivity index (χ0v) is 8.39. The molecule has 72 valence electrons. The van der Waals surface area contributed by atoms with Gasteiger partial charge < -0.3 is 5.43 Å². The molecule has 4 nitrogen and oxygen atoms in total. The summed E-state index contributed by atoms with van der Waals surface area (Å²) in [4.78, 5) is 8.66. The maximum atomic E-state index is 5.38. The molecule has 0 spiro atoms.